The molecule has 0 saturated carbocycles. The van der Waals surface area contributed by atoms with Gasteiger partial charge in [0.2, 0.25) is 0 Å². The van der Waals surface area contributed by atoms with Crippen molar-refractivity contribution in [2.75, 3.05) is 0 Å². The molecule has 0 aliphatic carbocycles. The molecule has 3 nitrogen and oxygen atoms in total. The Kier molecular flexibility index (Phi) is 84.5. The normalized spacial score (nSPS) is 1.60. The molecule has 3 N–H and O–H groups in total. The number of hydrogen-bond acceptors (Lipinski definition) is 1. The maximum absolute atomic E-state index is 8.36. The Morgan fingerprint density at radius 1 is 1.60 bits per heavy atom. The fourth-order valence-electron chi connectivity index (χ4n) is 0. The second-order valence-electron chi connectivity index (χ2n) is 0.105. The van der Waals surface area contributed by atoms with Crippen molar-refractivity contribution in [3.8, 4) is 0 Å². The smallest absolute Gasteiger partial charge is 0 e. The molecule has 0 saturated heterocycles. The Hall–Kier alpha value is 0.547. The monoisotopic (exact) mass is 270 g/mol. The van der Waals surface area contributed by atoms with Gasteiger partial charge < -0.3 is 5.48 Å². The summed E-state index contributed by atoms with van der Waals surface area (Å²) >= 11 is 0. The number of rotatable bonds is 0. The standard InChI is InChI=1S/BHO2.H2O.Pb/c2-1-3;;/h2H;1H2;. The molecule has 5 heteroatoms. The Labute approximate surface area is 50.1 Å². The van der Waals surface area contributed by atoms with Crippen LogP contribution in [0.15, 0.2) is 0 Å². The van der Waals surface area contributed by atoms with Gasteiger partial charge in [0.25, 0.3) is 0 Å². The van der Waals surface area contributed by atoms with Gasteiger partial charge in [-0.15, -0.1) is 0 Å². The predicted molar refractivity (Wildman–Crippen MR) is 18.0 cm³/mol. The molecule has 0 rings (SSSR count). The molecule has 4 radical (unpaired) electrons. The van der Waals surface area contributed by atoms with Crippen LogP contribution in [0.4, 0.5) is 0 Å². The zero-order chi connectivity index (χ0) is 2.71. The summed E-state index contributed by atoms with van der Waals surface area (Å²) in [5.41, 5.74) is 0. The summed E-state index contributed by atoms with van der Waals surface area (Å²) in [6.07, 6.45) is 0. The van der Waals surface area contributed by atoms with Crippen LogP contribution >= 0.6 is 0 Å². The van der Waals surface area contributed by atoms with Crippen molar-refractivity contribution in [2.45, 2.75) is 0 Å². The van der Waals surface area contributed by atoms with Crippen LogP contribution in [0.25, 0.3) is 0 Å². The van der Waals surface area contributed by atoms with Crippen LogP contribution in [0.2, 0.25) is 0 Å². The third-order valence-corrected chi connectivity index (χ3v) is 0. The van der Waals surface area contributed by atoms with Crippen LogP contribution < -0.4 is 0 Å². The summed E-state index contributed by atoms with van der Waals surface area (Å²) in [7, 11) is -0.250. The first-order valence-electron chi connectivity index (χ1n) is 0.494. The first-order chi connectivity index (χ1) is 1.41. The maximum Gasteiger partial charge on any atom is 0 e. The van der Waals surface area contributed by atoms with Crippen molar-refractivity contribution < 1.29 is 15.2 Å². The topological polar surface area (TPSA) is 68.8 Å². The Balaban J connectivity index is -0.0000000200. The largest absolute Gasteiger partial charge is 0 e. The van der Waals surface area contributed by atoms with Crippen molar-refractivity contribution in [1.82, 2.24) is 0 Å². The third kappa shape index (κ3) is 98.6. The second-order valence-corrected chi connectivity index (χ2v) is 0.105. The first kappa shape index (κ1) is 17.7. The number of hydrogen-bond donors (Lipinski definition) is 1. The van der Waals surface area contributed by atoms with E-state index in [0.717, 1.165) is 0 Å². The molecule has 0 fully saturated rings. The molecular formula is H3BO3Pb. The molecular weight excluding hydrogens is 266 g/mol. The van der Waals surface area contributed by atoms with Gasteiger partial charge in [0.15, 0.2) is 0 Å². The summed E-state index contributed by atoms with van der Waals surface area (Å²) < 4.78 is 8.36. The average Bonchev–Trinajstić information content (AvgIpc) is 0.918. The molecule has 0 bridgehead atoms. The van der Waals surface area contributed by atoms with E-state index in [1.807, 2.05) is 0 Å². The minimum Gasteiger partial charge on any atom is 0 e. The minimum atomic E-state index is -0.250. The van der Waals surface area contributed by atoms with Gasteiger partial charge in [-0.25, -0.2) is 0 Å². The summed E-state index contributed by atoms with van der Waals surface area (Å²) in [4.78, 5) is 0. The van der Waals surface area contributed by atoms with Gasteiger partial charge in [0, 0.05) is 27.3 Å². The Morgan fingerprint density at radius 3 is 1.60 bits per heavy atom. The van der Waals surface area contributed by atoms with Gasteiger partial charge in [-0.1, -0.05) is 0 Å². The molecule has 0 aromatic heterocycles. The van der Waals surface area contributed by atoms with E-state index < -0.39 is 0 Å². The van der Waals surface area contributed by atoms with Gasteiger partial charge in [-0.2, -0.15) is 0 Å². The van der Waals surface area contributed by atoms with Crippen LogP contribution in [-0.2, 0) is 4.70 Å². The molecule has 0 aromatic carbocycles. The van der Waals surface area contributed by atoms with Crippen LogP contribution in [0, 0.1) is 0 Å². The van der Waals surface area contributed by atoms with Crippen LogP contribution in [-0.4, -0.2) is 45.2 Å². The molecule has 28 valence electrons. The Bertz CT molecular complexity index is 14.4. The van der Waals surface area contributed by atoms with E-state index in [9.17, 15) is 0 Å². The molecule has 0 heterocycles. The van der Waals surface area contributed by atoms with Crippen LogP contribution in [0.5, 0.6) is 0 Å². The second kappa shape index (κ2) is 23.9. The Morgan fingerprint density at radius 2 is 1.60 bits per heavy atom. The van der Waals surface area contributed by atoms with Gasteiger partial charge in [0.05, 0.1) is 0 Å². The van der Waals surface area contributed by atoms with Crippen molar-refractivity contribution in [3.63, 3.8) is 0 Å². The first-order valence-corrected chi connectivity index (χ1v) is 0.494. The summed E-state index contributed by atoms with van der Waals surface area (Å²) in [6.45, 7) is 0. The van der Waals surface area contributed by atoms with E-state index in [0.29, 0.717) is 0 Å². The molecule has 0 aliphatic heterocycles. The van der Waals surface area contributed by atoms with Crippen molar-refractivity contribution >= 4 is 34.7 Å². The van der Waals surface area contributed by atoms with Gasteiger partial charge >= 0.3 is 17.1 Å². The predicted octanol–water partition coefficient (Wildman–Crippen LogP) is -2.26. The zero-order valence-corrected chi connectivity index (χ0v) is 6.32. The maximum atomic E-state index is 8.36. The van der Waals surface area contributed by atoms with Crippen molar-refractivity contribution in [1.29, 1.82) is 0 Å². The van der Waals surface area contributed by atoms with Crippen molar-refractivity contribution in [3.05, 3.63) is 0 Å². The van der Waals surface area contributed by atoms with Crippen LogP contribution in [0.1, 0.15) is 0 Å². The third-order valence-electron chi connectivity index (χ3n) is 0. The minimum absolute atomic E-state index is 0. The average molecular weight is 269 g/mol. The molecule has 0 atom stereocenters. The zero-order valence-electron chi connectivity index (χ0n) is 2.43. The molecule has 0 spiro atoms. The van der Waals surface area contributed by atoms with Crippen LogP contribution in [0.3, 0.4) is 0 Å². The quantitative estimate of drug-likeness (QED) is 0.504. The fourth-order valence-corrected chi connectivity index (χ4v) is 0. The van der Waals surface area contributed by atoms with E-state index in [1.54, 1.807) is 0 Å². The summed E-state index contributed by atoms with van der Waals surface area (Å²) in [5, 5.41) is 6.89. The molecule has 0 amide bonds. The van der Waals surface area contributed by atoms with E-state index in [1.165, 1.54) is 0 Å². The van der Waals surface area contributed by atoms with E-state index in [2.05, 4.69) is 0 Å². The fraction of sp³-hybridized carbons (Fsp3) is 0. The van der Waals surface area contributed by atoms with E-state index in [4.69, 9.17) is 9.73 Å². The van der Waals surface area contributed by atoms with Gasteiger partial charge in [-0.3, -0.25) is 0 Å². The van der Waals surface area contributed by atoms with E-state index in [-0.39, 0.29) is 40.1 Å². The van der Waals surface area contributed by atoms with Crippen molar-refractivity contribution in [2.24, 2.45) is 0 Å². The van der Waals surface area contributed by atoms with E-state index >= 15 is 0 Å². The summed E-state index contributed by atoms with van der Waals surface area (Å²) in [6, 6.07) is 0. The molecule has 0 aliphatic rings. The molecule has 0 aromatic rings. The SMILES string of the molecule is O.O=BO.[Pb]. The molecule has 5 heavy (non-hydrogen) atoms. The molecule has 0 unspecified atom stereocenters. The van der Waals surface area contributed by atoms with Gasteiger partial charge in [0.1, 0.15) is 0 Å². The van der Waals surface area contributed by atoms with Gasteiger partial charge in [-0.05, 0) is 0 Å². The summed E-state index contributed by atoms with van der Waals surface area (Å²) in [5.74, 6) is 0.